The molecule has 0 spiro atoms. The Hall–Kier alpha value is -1.61. The average Bonchev–Trinajstić information content (AvgIpc) is 2.70. The zero-order valence-electron chi connectivity index (χ0n) is 9.93. The molecule has 2 heterocycles. The van der Waals surface area contributed by atoms with Crippen LogP contribution in [0.4, 0.5) is 0 Å². The Bertz CT molecular complexity index is 478. The van der Waals surface area contributed by atoms with Crippen LogP contribution in [0.15, 0.2) is 42.6 Å². The van der Waals surface area contributed by atoms with Crippen molar-refractivity contribution in [1.29, 1.82) is 0 Å². The van der Waals surface area contributed by atoms with Gasteiger partial charge in [-0.1, -0.05) is 24.3 Å². The lowest BCUT2D eigenvalue weighted by atomic mass is 9.76. The number of hydrogen-bond donors (Lipinski definition) is 2. The summed E-state index contributed by atoms with van der Waals surface area (Å²) >= 11 is 0. The van der Waals surface area contributed by atoms with E-state index in [1.54, 1.807) is 0 Å². The van der Waals surface area contributed by atoms with Crippen LogP contribution in [0.5, 0.6) is 0 Å². The minimum Gasteiger partial charge on any atom is -0.376 e. The fraction of sp³-hybridized carbons (Fsp3) is 0.357. The summed E-state index contributed by atoms with van der Waals surface area (Å²) in [5, 5.41) is 3.56. The minimum absolute atomic E-state index is 0.0544. The smallest absolute Gasteiger partial charge is 0.0857 e. The first-order valence-electron chi connectivity index (χ1n) is 6.04. The number of allylic oxidation sites excluding steroid dienone is 1. The number of nitrogens with two attached hydrogens (primary N) is 1. The molecule has 1 aliphatic heterocycles. The Balaban J connectivity index is 1.94. The van der Waals surface area contributed by atoms with Crippen molar-refractivity contribution < 1.29 is 0 Å². The van der Waals surface area contributed by atoms with Gasteiger partial charge < -0.3 is 11.1 Å². The van der Waals surface area contributed by atoms with Gasteiger partial charge in [0.15, 0.2) is 0 Å². The molecule has 1 aliphatic carbocycles. The van der Waals surface area contributed by atoms with Crippen molar-refractivity contribution in [3.05, 3.63) is 48.3 Å². The highest BCUT2D eigenvalue weighted by Crippen LogP contribution is 2.38. The molecular weight excluding hydrogens is 210 g/mol. The molecule has 3 nitrogen and oxygen atoms in total. The summed E-state index contributed by atoms with van der Waals surface area (Å²) in [7, 11) is 0. The van der Waals surface area contributed by atoms with Crippen LogP contribution in [0.25, 0.3) is 5.70 Å². The van der Waals surface area contributed by atoms with Crippen LogP contribution in [-0.4, -0.2) is 16.6 Å². The zero-order chi connectivity index (χ0) is 11.9. The zero-order valence-corrected chi connectivity index (χ0v) is 9.93. The van der Waals surface area contributed by atoms with Gasteiger partial charge in [0, 0.05) is 18.2 Å². The molecule has 0 radical (unpaired) electrons. The van der Waals surface area contributed by atoms with E-state index in [-0.39, 0.29) is 11.6 Å². The third-order valence-electron chi connectivity index (χ3n) is 3.91. The Labute approximate surface area is 101 Å². The number of aromatic nitrogens is 1. The molecule has 0 bridgehead atoms. The largest absolute Gasteiger partial charge is 0.376 e. The van der Waals surface area contributed by atoms with Crippen LogP contribution in [0.3, 0.4) is 0 Å². The van der Waals surface area contributed by atoms with Crippen LogP contribution in [0.1, 0.15) is 19.0 Å². The van der Waals surface area contributed by atoms with E-state index in [9.17, 15) is 0 Å². The van der Waals surface area contributed by atoms with Crippen LogP contribution in [0.2, 0.25) is 0 Å². The molecule has 3 atom stereocenters. The summed E-state index contributed by atoms with van der Waals surface area (Å²) < 4.78 is 0. The maximum atomic E-state index is 6.19. The number of rotatable bonds is 1. The molecular formula is C14H17N3. The van der Waals surface area contributed by atoms with Gasteiger partial charge in [0.2, 0.25) is 0 Å². The number of nitrogens with one attached hydrogen (secondary N) is 1. The standard InChI is InChI=1S/C14H17N3/c1-14-10(5-4-7-13(14)15)9-12(17-14)11-6-2-3-8-16-11/h2-4,6-10,13,17H,5,15H2,1H3. The van der Waals surface area contributed by atoms with Crippen molar-refractivity contribution >= 4 is 5.70 Å². The SMILES string of the molecule is CC12NC(c3ccccn3)=CC1CC=CC2N. The summed E-state index contributed by atoms with van der Waals surface area (Å²) in [5.41, 5.74) is 8.23. The highest BCUT2D eigenvalue weighted by Gasteiger charge is 2.43. The number of pyridine rings is 1. The van der Waals surface area contributed by atoms with Gasteiger partial charge in [-0.25, -0.2) is 0 Å². The van der Waals surface area contributed by atoms with E-state index in [0.29, 0.717) is 5.92 Å². The molecule has 3 N–H and O–H groups in total. The lowest BCUT2D eigenvalue weighted by Crippen LogP contribution is -2.57. The summed E-state index contributed by atoms with van der Waals surface area (Å²) in [6.45, 7) is 2.19. The molecule has 1 aromatic heterocycles. The molecule has 0 saturated carbocycles. The molecule has 88 valence electrons. The van der Waals surface area contributed by atoms with Gasteiger partial charge >= 0.3 is 0 Å². The van der Waals surface area contributed by atoms with Crippen LogP contribution in [-0.2, 0) is 0 Å². The van der Waals surface area contributed by atoms with Crippen molar-refractivity contribution in [2.45, 2.75) is 24.9 Å². The van der Waals surface area contributed by atoms with E-state index in [0.717, 1.165) is 17.8 Å². The number of nitrogens with zero attached hydrogens (tertiary/aromatic N) is 1. The predicted octanol–water partition coefficient (Wildman–Crippen LogP) is 1.69. The summed E-state index contributed by atoms with van der Waals surface area (Å²) in [6, 6.07) is 6.02. The van der Waals surface area contributed by atoms with E-state index in [2.05, 4.69) is 35.5 Å². The van der Waals surface area contributed by atoms with Crippen molar-refractivity contribution in [3.63, 3.8) is 0 Å². The van der Waals surface area contributed by atoms with E-state index in [1.807, 2.05) is 24.4 Å². The third-order valence-corrected chi connectivity index (χ3v) is 3.91. The molecule has 0 aromatic carbocycles. The lowest BCUT2D eigenvalue weighted by Gasteiger charge is -2.39. The molecule has 3 unspecified atom stereocenters. The van der Waals surface area contributed by atoms with Gasteiger partial charge in [0.1, 0.15) is 0 Å². The Morgan fingerprint density at radius 1 is 1.47 bits per heavy atom. The number of hydrogen-bond acceptors (Lipinski definition) is 3. The summed E-state index contributed by atoms with van der Waals surface area (Å²) in [4.78, 5) is 4.38. The average molecular weight is 227 g/mol. The fourth-order valence-corrected chi connectivity index (χ4v) is 2.69. The van der Waals surface area contributed by atoms with E-state index >= 15 is 0 Å². The van der Waals surface area contributed by atoms with Crippen molar-refractivity contribution in [1.82, 2.24) is 10.3 Å². The second-order valence-electron chi connectivity index (χ2n) is 5.00. The first-order valence-corrected chi connectivity index (χ1v) is 6.04. The second kappa shape index (κ2) is 3.70. The molecule has 3 heteroatoms. The monoisotopic (exact) mass is 227 g/mol. The van der Waals surface area contributed by atoms with Crippen LogP contribution >= 0.6 is 0 Å². The van der Waals surface area contributed by atoms with Gasteiger partial charge in [0.05, 0.1) is 16.9 Å². The number of fused-ring (bicyclic) bond motifs is 1. The topological polar surface area (TPSA) is 50.9 Å². The molecule has 2 aliphatic rings. The fourth-order valence-electron chi connectivity index (χ4n) is 2.69. The van der Waals surface area contributed by atoms with E-state index in [4.69, 9.17) is 5.73 Å². The highest BCUT2D eigenvalue weighted by atomic mass is 15.1. The Kier molecular flexibility index (Phi) is 2.30. The quantitative estimate of drug-likeness (QED) is 0.718. The summed E-state index contributed by atoms with van der Waals surface area (Å²) in [5.74, 6) is 0.458. The molecule has 3 rings (SSSR count). The Morgan fingerprint density at radius 2 is 2.35 bits per heavy atom. The highest BCUT2D eigenvalue weighted by molar-refractivity contribution is 5.65. The molecule has 1 aromatic rings. The Morgan fingerprint density at radius 3 is 3.06 bits per heavy atom. The van der Waals surface area contributed by atoms with Crippen LogP contribution < -0.4 is 11.1 Å². The van der Waals surface area contributed by atoms with Crippen LogP contribution in [0, 0.1) is 5.92 Å². The van der Waals surface area contributed by atoms with Gasteiger partial charge in [-0.05, 0) is 25.5 Å². The summed E-state index contributed by atoms with van der Waals surface area (Å²) in [6.07, 6.45) is 9.41. The lowest BCUT2D eigenvalue weighted by molar-refractivity contribution is 0.287. The second-order valence-corrected chi connectivity index (χ2v) is 5.00. The van der Waals surface area contributed by atoms with Gasteiger partial charge in [-0.2, -0.15) is 0 Å². The molecule has 0 fully saturated rings. The normalized spacial score (nSPS) is 35.1. The van der Waals surface area contributed by atoms with E-state index in [1.165, 1.54) is 0 Å². The first kappa shape index (κ1) is 10.5. The van der Waals surface area contributed by atoms with Crippen molar-refractivity contribution in [3.8, 4) is 0 Å². The molecule has 0 saturated heterocycles. The third kappa shape index (κ3) is 1.58. The maximum Gasteiger partial charge on any atom is 0.0857 e. The maximum absolute atomic E-state index is 6.19. The van der Waals surface area contributed by atoms with E-state index < -0.39 is 0 Å². The van der Waals surface area contributed by atoms with Crippen molar-refractivity contribution in [2.75, 3.05) is 0 Å². The molecule has 17 heavy (non-hydrogen) atoms. The first-order chi connectivity index (χ1) is 8.20. The predicted molar refractivity (Wildman–Crippen MR) is 69.0 cm³/mol. The molecule has 0 amide bonds. The van der Waals surface area contributed by atoms with Gasteiger partial charge in [-0.3, -0.25) is 4.98 Å². The minimum atomic E-state index is -0.0679. The van der Waals surface area contributed by atoms with Gasteiger partial charge in [-0.15, -0.1) is 0 Å². The van der Waals surface area contributed by atoms with Gasteiger partial charge in [0.25, 0.3) is 0 Å². The van der Waals surface area contributed by atoms with Crippen molar-refractivity contribution in [2.24, 2.45) is 11.7 Å².